The number of hydrogen-bond acceptors (Lipinski definition) is 3. The zero-order valence-corrected chi connectivity index (χ0v) is 12.2. The average Bonchev–Trinajstić information content (AvgIpc) is 3.07. The molecule has 1 N–H and O–H groups in total. The van der Waals surface area contributed by atoms with Gasteiger partial charge in [-0.1, -0.05) is 24.5 Å². The topological polar surface area (TPSA) is 63.6 Å². The Hall–Kier alpha value is -0.730. The Kier molecular flexibility index (Phi) is 5.97. The Morgan fingerprint density at radius 3 is 2.50 bits per heavy atom. The minimum absolute atomic E-state index is 0.115. The molecule has 1 saturated carbocycles. The number of aliphatic carboxylic acids is 1. The summed E-state index contributed by atoms with van der Waals surface area (Å²) in [4.78, 5) is 11.1. The maximum atomic E-state index is 12.2. The van der Waals surface area contributed by atoms with Crippen molar-refractivity contribution in [2.45, 2.75) is 39.5 Å². The summed E-state index contributed by atoms with van der Waals surface area (Å²) in [6.45, 7) is 6.24. The van der Waals surface area contributed by atoms with Crippen molar-refractivity contribution in [3.05, 3.63) is 11.6 Å². The highest BCUT2D eigenvalue weighted by Gasteiger charge is 2.36. The van der Waals surface area contributed by atoms with E-state index in [4.69, 9.17) is 9.84 Å². The first-order chi connectivity index (χ1) is 8.45. The normalized spacial score (nSPS) is 18.9. The van der Waals surface area contributed by atoms with Crippen molar-refractivity contribution >= 4 is 13.8 Å². The standard InChI is InChI=1S/C13H21O4P/c1-4-17-13(9(2)3)18(16)8-11(12(14)15)7-10-5-6-10/h7,9-10,13H,4-6,8H2,1-3H3/p+1/b11-7+. The van der Waals surface area contributed by atoms with Crippen LogP contribution in [0.25, 0.3) is 0 Å². The molecule has 0 heterocycles. The largest absolute Gasteiger partial charge is 0.478 e. The maximum Gasteiger partial charge on any atom is 0.375 e. The van der Waals surface area contributed by atoms with Gasteiger partial charge in [0.2, 0.25) is 0 Å². The molecule has 0 amide bonds. The van der Waals surface area contributed by atoms with Crippen LogP contribution in [0.4, 0.5) is 0 Å². The van der Waals surface area contributed by atoms with Gasteiger partial charge in [-0.3, -0.25) is 0 Å². The zero-order chi connectivity index (χ0) is 13.7. The van der Waals surface area contributed by atoms with Crippen molar-refractivity contribution < 1.29 is 19.2 Å². The van der Waals surface area contributed by atoms with Gasteiger partial charge in [-0.2, -0.15) is 0 Å². The van der Waals surface area contributed by atoms with E-state index in [0.29, 0.717) is 12.5 Å². The van der Waals surface area contributed by atoms with Gasteiger partial charge >= 0.3 is 13.8 Å². The van der Waals surface area contributed by atoms with Crippen molar-refractivity contribution in [2.75, 3.05) is 12.8 Å². The van der Waals surface area contributed by atoms with Crippen LogP contribution < -0.4 is 0 Å². The molecule has 0 aromatic heterocycles. The van der Waals surface area contributed by atoms with Gasteiger partial charge in [-0.05, 0) is 25.7 Å². The SMILES string of the molecule is CCOC(C(C)C)[P+](=O)C/C(=C\C1CC1)C(=O)O. The molecule has 1 fully saturated rings. The van der Waals surface area contributed by atoms with Crippen molar-refractivity contribution in [1.29, 1.82) is 0 Å². The molecule has 1 aliphatic rings. The Morgan fingerprint density at radius 2 is 2.11 bits per heavy atom. The molecule has 0 radical (unpaired) electrons. The lowest BCUT2D eigenvalue weighted by Gasteiger charge is -2.11. The molecule has 1 rings (SSSR count). The van der Waals surface area contributed by atoms with Gasteiger partial charge in [0.05, 0.1) is 5.57 Å². The lowest BCUT2D eigenvalue weighted by molar-refractivity contribution is -0.132. The summed E-state index contributed by atoms with van der Waals surface area (Å²) >= 11 is 0. The molecule has 4 nitrogen and oxygen atoms in total. The summed E-state index contributed by atoms with van der Waals surface area (Å²) < 4.78 is 17.7. The summed E-state index contributed by atoms with van der Waals surface area (Å²) in [5.41, 5.74) is 0.281. The minimum atomic E-state index is -1.69. The number of hydrogen-bond donors (Lipinski definition) is 1. The molecule has 0 bridgehead atoms. The fraction of sp³-hybridized carbons (Fsp3) is 0.769. The molecule has 0 aromatic carbocycles. The van der Waals surface area contributed by atoms with Crippen molar-refractivity contribution in [3.63, 3.8) is 0 Å². The third-order valence-electron chi connectivity index (χ3n) is 2.85. The highest BCUT2D eigenvalue weighted by atomic mass is 31.1. The van der Waals surface area contributed by atoms with Crippen LogP contribution in [0.1, 0.15) is 33.6 Å². The van der Waals surface area contributed by atoms with E-state index in [0.717, 1.165) is 12.8 Å². The molecule has 0 aromatic rings. The highest BCUT2D eigenvalue weighted by molar-refractivity contribution is 7.45. The van der Waals surface area contributed by atoms with Crippen LogP contribution in [-0.2, 0) is 14.1 Å². The second kappa shape index (κ2) is 7.01. The molecule has 5 heteroatoms. The van der Waals surface area contributed by atoms with Crippen LogP contribution in [-0.4, -0.2) is 29.7 Å². The van der Waals surface area contributed by atoms with Crippen LogP contribution in [0.2, 0.25) is 0 Å². The summed E-state index contributed by atoms with van der Waals surface area (Å²) in [6, 6.07) is 0. The predicted octanol–water partition coefficient (Wildman–Crippen LogP) is 3.25. The molecule has 18 heavy (non-hydrogen) atoms. The maximum absolute atomic E-state index is 12.2. The molecular formula is C13H22O4P+. The summed E-state index contributed by atoms with van der Waals surface area (Å²) in [7, 11) is -1.69. The van der Waals surface area contributed by atoms with Crippen LogP contribution in [0.5, 0.6) is 0 Å². The summed E-state index contributed by atoms with van der Waals surface area (Å²) in [5, 5.41) is 9.11. The second-order valence-corrected chi connectivity index (χ2v) is 6.66. The van der Waals surface area contributed by atoms with Crippen LogP contribution in [0.15, 0.2) is 11.6 Å². The smallest absolute Gasteiger partial charge is 0.375 e. The molecule has 1 aliphatic carbocycles. The average molecular weight is 273 g/mol. The second-order valence-electron chi connectivity index (χ2n) is 5.00. The van der Waals surface area contributed by atoms with E-state index in [1.54, 1.807) is 6.08 Å². The Labute approximate surface area is 109 Å². The van der Waals surface area contributed by atoms with Gasteiger partial charge < -0.3 is 9.84 Å². The van der Waals surface area contributed by atoms with E-state index < -0.39 is 13.8 Å². The van der Waals surface area contributed by atoms with E-state index >= 15 is 0 Å². The van der Waals surface area contributed by atoms with Crippen LogP contribution >= 0.6 is 7.80 Å². The van der Waals surface area contributed by atoms with Crippen LogP contribution in [0.3, 0.4) is 0 Å². The third kappa shape index (κ3) is 4.87. The van der Waals surface area contributed by atoms with E-state index in [1.807, 2.05) is 20.8 Å². The van der Waals surface area contributed by atoms with Gasteiger partial charge in [-0.25, -0.2) is 4.79 Å². The lowest BCUT2D eigenvalue weighted by atomic mass is 10.2. The fourth-order valence-electron chi connectivity index (χ4n) is 1.78. The number of carboxylic acid groups (broad SMARTS) is 1. The number of allylic oxidation sites excluding steroid dienone is 1. The quantitative estimate of drug-likeness (QED) is 0.544. The Morgan fingerprint density at radius 1 is 1.50 bits per heavy atom. The van der Waals surface area contributed by atoms with Gasteiger partial charge in [0.15, 0.2) is 6.16 Å². The van der Waals surface area contributed by atoms with Crippen LogP contribution in [0, 0.1) is 11.8 Å². The van der Waals surface area contributed by atoms with Crippen molar-refractivity contribution in [3.8, 4) is 0 Å². The summed E-state index contributed by atoms with van der Waals surface area (Å²) in [6.07, 6.45) is 3.97. The Balaban J connectivity index is 2.67. The van der Waals surface area contributed by atoms with Crippen molar-refractivity contribution in [2.24, 2.45) is 11.8 Å². The predicted molar refractivity (Wildman–Crippen MR) is 71.2 cm³/mol. The highest BCUT2D eigenvalue weighted by Crippen LogP contribution is 2.38. The van der Waals surface area contributed by atoms with E-state index in [-0.39, 0.29) is 23.5 Å². The molecule has 2 unspecified atom stereocenters. The molecule has 2 atom stereocenters. The van der Waals surface area contributed by atoms with E-state index in [2.05, 4.69) is 0 Å². The van der Waals surface area contributed by atoms with Gasteiger partial charge in [-0.15, -0.1) is 0 Å². The van der Waals surface area contributed by atoms with Gasteiger partial charge in [0, 0.05) is 12.5 Å². The van der Waals surface area contributed by atoms with Crippen molar-refractivity contribution in [1.82, 2.24) is 0 Å². The molecule has 0 aliphatic heterocycles. The molecule has 0 saturated heterocycles. The third-order valence-corrected chi connectivity index (χ3v) is 4.82. The molecule has 0 spiro atoms. The van der Waals surface area contributed by atoms with E-state index in [1.165, 1.54) is 0 Å². The lowest BCUT2D eigenvalue weighted by Crippen LogP contribution is -2.18. The molecular weight excluding hydrogens is 251 g/mol. The Bertz CT molecular complexity index is 345. The van der Waals surface area contributed by atoms with Gasteiger partial charge in [0.25, 0.3) is 5.85 Å². The fourth-order valence-corrected chi connectivity index (χ4v) is 3.51. The van der Waals surface area contributed by atoms with Gasteiger partial charge in [0.1, 0.15) is 0 Å². The summed E-state index contributed by atoms with van der Waals surface area (Å²) in [5.74, 6) is -0.801. The first kappa shape index (κ1) is 15.3. The number of ether oxygens (including phenoxy) is 1. The number of rotatable bonds is 8. The molecule has 102 valence electrons. The zero-order valence-electron chi connectivity index (χ0n) is 11.3. The first-order valence-electron chi connectivity index (χ1n) is 6.45. The number of carbonyl (C=O) groups is 1. The monoisotopic (exact) mass is 273 g/mol. The van der Waals surface area contributed by atoms with E-state index in [9.17, 15) is 9.36 Å². The minimum Gasteiger partial charge on any atom is -0.478 e. The number of carboxylic acids is 1. The first-order valence-corrected chi connectivity index (χ1v) is 7.96.